The molecule has 2 aromatic carbocycles. The van der Waals surface area contributed by atoms with E-state index in [0.29, 0.717) is 36.9 Å². The minimum absolute atomic E-state index is 0.0121. The van der Waals surface area contributed by atoms with Crippen LogP contribution < -0.4 is 19.5 Å². The molecule has 0 aromatic heterocycles. The molecular weight excluding hydrogens is 408 g/mol. The number of hydrogen-bond donors (Lipinski definition) is 1. The van der Waals surface area contributed by atoms with Crippen LogP contribution in [0.4, 0.5) is 5.69 Å². The quantitative estimate of drug-likeness (QED) is 0.702. The molecule has 170 valence electrons. The van der Waals surface area contributed by atoms with Crippen molar-refractivity contribution in [1.29, 1.82) is 0 Å². The highest BCUT2D eigenvalue weighted by Gasteiger charge is 2.44. The first-order chi connectivity index (χ1) is 15.6. The molecule has 32 heavy (non-hydrogen) atoms. The summed E-state index contributed by atoms with van der Waals surface area (Å²) in [4.78, 5) is 28.1. The van der Waals surface area contributed by atoms with Gasteiger partial charge in [-0.1, -0.05) is 25.5 Å². The van der Waals surface area contributed by atoms with Gasteiger partial charge in [0, 0.05) is 31.1 Å². The molecule has 2 aliphatic rings. The Morgan fingerprint density at radius 3 is 2.59 bits per heavy atom. The van der Waals surface area contributed by atoms with Gasteiger partial charge in [-0.15, -0.1) is 0 Å². The fourth-order valence-electron chi connectivity index (χ4n) is 4.31. The second-order valence-corrected chi connectivity index (χ2v) is 8.17. The number of amides is 2. The van der Waals surface area contributed by atoms with Gasteiger partial charge in [0.15, 0.2) is 11.5 Å². The first kappa shape index (κ1) is 22.0. The Labute approximate surface area is 188 Å². The van der Waals surface area contributed by atoms with E-state index >= 15 is 0 Å². The summed E-state index contributed by atoms with van der Waals surface area (Å²) < 4.78 is 16.7. The van der Waals surface area contributed by atoms with Crippen molar-refractivity contribution in [3.05, 3.63) is 48.0 Å². The van der Waals surface area contributed by atoms with Crippen LogP contribution in [0.1, 0.15) is 44.2 Å². The lowest BCUT2D eigenvalue weighted by molar-refractivity contribution is -0.129. The van der Waals surface area contributed by atoms with Gasteiger partial charge in [0.25, 0.3) is 0 Å². The van der Waals surface area contributed by atoms with E-state index in [1.807, 2.05) is 35.2 Å². The molecule has 2 atom stereocenters. The number of benzene rings is 2. The Bertz CT molecular complexity index is 959. The number of methoxy groups -OCH3 is 1. The molecule has 1 saturated heterocycles. The van der Waals surface area contributed by atoms with E-state index in [0.717, 1.165) is 30.6 Å². The lowest BCUT2D eigenvalue weighted by atomic mass is 9.92. The summed E-state index contributed by atoms with van der Waals surface area (Å²) in [6.07, 6.45) is 2.89. The van der Waals surface area contributed by atoms with Gasteiger partial charge in [0.2, 0.25) is 11.8 Å². The van der Waals surface area contributed by atoms with Crippen molar-refractivity contribution < 1.29 is 23.8 Å². The molecule has 2 aliphatic heterocycles. The smallest absolute Gasteiger partial charge is 0.230 e. The van der Waals surface area contributed by atoms with Gasteiger partial charge >= 0.3 is 0 Å². The number of anilines is 1. The van der Waals surface area contributed by atoms with Gasteiger partial charge < -0.3 is 24.4 Å². The van der Waals surface area contributed by atoms with Gasteiger partial charge in [0.05, 0.1) is 32.3 Å². The zero-order chi connectivity index (χ0) is 22.5. The molecule has 7 nitrogen and oxygen atoms in total. The fourth-order valence-corrected chi connectivity index (χ4v) is 4.31. The lowest BCUT2D eigenvalue weighted by Gasteiger charge is -2.28. The van der Waals surface area contributed by atoms with Crippen molar-refractivity contribution in [3.63, 3.8) is 0 Å². The molecule has 4 rings (SSSR count). The molecular formula is C25H30N2O5. The second kappa shape index (κ2) is 9.94. The number of fused-ring (bicyclic) bond motifs is 1. The van der Waals surface area contributed by atoms with E-state index in [4.69, 9.17) is 14.2 Å². The first-order valence-electron chi connectivity index (χ1n) is 11.2. The van der Waals surface area contributed by atoms with Crippen molar-refractivity contribution >= 4 is 17.5 Å². The van der Waals surface area contributed by atoms with Gasteiger partial charge in [-0.25, -0.2) is 0 Å². The van der Waals surface area contributed by atoms with Crippen LogP contribution in [0.3, 0.4) is 0 Å². The van der Waals surface area contributed by atoms with Gasteiger partial charge in [-0.3, -0.25) is 9.59 Å². The summed E-state index contributed by atoms with van der Waals surface area (Å²) in [6.45, 7) is 3.92. The van der Waals surface area contributed by atoms with Crippen molar-refractivity contribution in [2.45, 2.75) is 38.6 Å². The zero-order valence-corrected chi connectivity index (χ0v) is 18.6. The monoisotopic (exact) mass is 438 g/mol. The maximum atomic E-state index is 13.3. The number of carbonyl (C=O) groups excluding carboxylic acids is 2. The SMILES string of the molecule is CCCCN1C(=O)C[C@@H](C(=O)Nc2ccc3c(c2)OCCCO3)[C@@H]1c1ccc(OC)cc1. The highest BCUT2D eigenvalue weighted by atomic mass is 16.5. The summed E-state index contributed by atoms with van der Waals surface area (Å²) in [5.74, 6) is 1.40. The summed E-state index contributed by atoms with van der Waals surface area (Å²) in [6, 6.07) is 12.7. The number of ether oxygens (including phenoxy) is 3. The number of carbonyl (C=O) groups is 2. The molecule has 1 fully saturated rings. The van der Waals surface area contributed by atoms with E-state index in [-0.39, 0.29) is 24.3 Å². The zero-order valence-electron chi connectivity index (χ0n) is 18.6. The Kier molecular flexibility index (Phi) is 6.83. The topological polar surface area (TPSA) is 77.1 Å². The molecule has 0 saturated carbocycles. The van der Waals surface area contributed by atoms with Crippen LogP contribution in [0.25, 0.3) is 0 Å². The Hall–Kier alpha value is -3.22. The molecule has 2 aromatic rings. The van der Waals surface area contributed by atoms with E-state index in [1.54, 1.807) is 19.2 Å². The van der Waals surface area contributed by atoms with Crippen LogP contribution in [-0.4, -0.2) is 43.6 Å². The summed E-state index contributed by atoms with van der Waals surface area (Å²) in [5, 5.41) is 3.00. The molecule has 2 amide bonds. The van der Waals surface area contributed by atoms with Crippen molar-refractivity contribution in [2.24, 2.45) is 5.92 Å². The molecule has 7 heteroatoms. The third kappa shape index (κ3) is 4.66. The maximum absolute atomic E-state index is 13.3. The van der Waals surface area contributed by atoms with Crippen LogP contribution in [-0.2, 0) is 9.59 Å². The van der Waals surface area contributed by atoms with E-state index in [1.165, 1.54) is 0 Å². The molecule has 0 bridgehead atoms. The molecule has 0 unspecified atom stereocenters. The molecule has 0 spiro atoms. The fraction of sp³-hybridized carbons (Fsp3) is 0.440. The summed E-state index contributed by atoms with van der Waals surface area (Å²) >= 11 is 0. The van der Waals surface area contributed by atoms with Gasteiger partial charge in [0.1, 0.15) is 5.75 Å². The molecule has 2 heterocycles. The Balaban J connectivity index is 1.57. The predicted octanol–water partition coefficient (Wildman–Crippen LogP) is 4.18. The maximum Gasteiger partial charge on any atom is 0.230 e. The average Bonchev–Trinajstić information content (AvgIpc) is 2.97. The average molecular weight is 439 g/mol. The number of hydrogen-bond acceptors (Lipinski definition) is 5. The second-order valence-electron chi connectivity index (χ2n) is 8.17. The van der Waals surface area contributed by atoms with Gasteiger partial charge in [-0.05, 0) is 36.2 Å². The number of rotatable bonds is 7. The third-order valence-corrected chi connectivity index (χ3v) is 5.99. The number of unbranched alkanes of at least 4 members (excludes halogenated alkanes) is 1. The number of likely N-dealkylation sites (tertiary alicyclic amines) is 1. The van der Waals surface area contributed by atoms with Crippen LogP contribution in [0, 0.1) is 5.92 Å². The third-order valence-electron chi connectivity index (χ3n) is 5.99. The summed E-state index contributed by atoms with van der Waals surface area (Å²) in [7, 11) is 1.62. The largest absolute Gasteiger partial charge is 0.497 e. The van der Waals surface area contributed by atoms with E-state index in [9.17, 15) is 9.59 Å². The molecule has 0 radical (unpaired) electrons. The highest BCUT2D eigenvalue weighted by Crippen LogP contribution is 2.40. The lowest BCUT2D eigenvalue weighted by Crippen LogP contribution is -2.33. The predicted molar refractivity (Wildman–Crippen MR) is 121 cm³/mol. The van der Waals surface area contributed by atoms with Gasteiger partial charge in [-0.2, -0.15) is 0 Å². The van der Waals surface area contributed by atoms with Crippen LogP contribution in [0.2, 0.25) is 0 Å². The Morgan fingerprint density at radius 2 is 1.88 bits per heavy atom. The van der Waals surface area contributed by atoms with Crippen molar-refractivity contribution in [1.82, 2.24) is 4.90 Å². The summed E-state index contributed by atoms with van der Waals surface area (Å²) in [5.41, 5.74) is 1.57. The van der Waals surface area contributed by atoms with E-state index in [2.05, 4.69) is 12.2 Å². The van der Waals surface area contributed by atoms with E-state index < -0.39 is 5.92 Å². The molecule has 1 N–H and O–H groups in total. The number of nitrogens with zero attached hydrogens (tertiary/aromatic N) is 1. The van der Waals surface area contributed by atoms with Crippen LogP contribution >= 0.6 is 0 Å². The minimum Gasteiger partial charge on any atom is -0.497 e. The number of nitrogens with one attached hydrogen (secondary N) is 1. The van der Waals surface area contributed by atoms with Crippen LogP contribution in [0.5, 0.6) is 17.2 Å². The molecule has 0 aliphatic carbocycles. The minimum atomic E-state index is -0.483. The van der Waals surface area contributed by atoms with Crippen LogP contribution in [0.15, 0.2) is 42.5 Å². The highest BCUT2D eigenvalue weighted by molar-refractivity contribution is 5.98. The van der Waals surface area contributed by atoms with Crippen molar-refractivity contribution in [2.75, 3.05) is 32.2 Å². The Morgan fingerprint density at radius 1 is 1.12 bits per heavy atom. The van der Waals surface area contributed by atoms with Crippen molar-refractivity contribution in [3.8, 4) is 17.2 Å². The first-order valence-corrected chi connectivity index (χ1v) is 11.2. The standard InChI is InChI=1S/C25H30N2O5/c1-3-4-12-27-23(28)16-20(24(27)17-6-9-19(30-2)10-7-17)25(29)26-18-8-11-21-22(15-18)32-14-5-13-31-21/h6-11,15,20,24H,3-5,12-14,16H2,1-2H3,(H,26,29)/t20-,24+/m1/s1. The normalized spacial score (nSPS) is 20.1.